The van der Waals surface area contributed by atoms with Gasteiger partial charge >= 0.3 is 0 Å². The molecule has 1 aliphatic rings. The zero-order chi connectivity index (χ0) is 12.6. The van der Waals surface area contributed by atoms with Gasteiger partial charge in [0, 0.05) is 39.2 Å². The zero-order valence-corrected chi connectivity index (χ0v) is 11.2. The zero-order valence-electron chi connectivity index (χ0n) is 11.2. The first kappa shape index (κ1) is 14.9. The fraction of sp³-hybridized carbons (Fsp3) is 1.00. The van der Waals surface area contributed by atoms with E-state index in [2.05, 4.69) is 13.8 Å². The molecule has 0 saturated carbocycles. The van der Waals surface area contributed by atoms with E-state index in [-0.39, 0.29) is 5.60 Å². The van der Waals surface area contributed by atoms with E-state index in [0.29, 0.717) is 25.7 Å². The molecule has 0 aromatic heterocycles. The highest BCUT2D eigenvalue weighted by atomic mass is 16.5. The first-order valence-corrected chi connectivity index (χ1v) is 6.68. The van der Waals surface area contributed by atoms with Gasteiger partial charge < -0.3 is 19.9 Å². The number of nitrogens with two attached hydrogens (primary N) is 1. The molecule has 102 valence electrons. The molecule has 0 aromatic rings. The van der Waals surface area contributed by atoms with Crippen molar-refractivity contribution in [3.63, 3.8) is 0 Å². The Morgan fingerprint density at radius 2 is 1.88 bits per heavy atom. The average molecular weight is 245 g/mol. The highest BCUT2D eigenvalue weighted by Crippen LogP contribution is 2.23. The number of ether oxygens (including phenoxy) is 3. The summed E-state index contributed by atoms with van der Waals surface area (Å²) in [5, 5.41) is 0. The molecule has 0 amide bonds. The van der Waals surface area contributed by atoms with Crippen LogP contribution in [0.25, 0.3) is 0 Å². The number of hydrogen-bond acceptors (Lipinski definition) is 4. The van der Waals surface area contributed by atoms with Gasteiger partial charge in [0.25, 0.3) is 0 Å². The topological polar surface area (TPSA) is 53.7 Å². The Kier molecular flexibility index (Phi) is 7.04. The average Bonchev–Trinajstić information content (AvgIpc) is 2.34. The van der Waals surface area contributed by atoms with E-state index in [9.17, 15) is 0 Å². The van der Waals surface area contributed by atoms with E-state index >= 15 is 0 Å². The van der Waals surface area contributed by atoms with E-state index in [4.69, 9.17) is 19.9 Å². The number of rotatable bonds is 8. The Bertz CT molecular complexity index is 191. The van der Waals surface area contributed by atoms with Crippen molar-refractivity contribution in [3.05, 3.63) is 0 Å². The lowest BCUT2D eigenvalue weighted by Crippen LogP contribution is -2.46. The molecule has 1 fully saturated rings. The summed E-state index contributed by atoms with van der Waals surface area (Å²) in [6, 6.07) is 0. The summed E-state index contributed by atoms with van der Waals surface area (Å²) in [4.78, 5) is 0. The van der Waals surface area contributed by atoms with Crippen molar-refractivity contribution in [2.24, 2.45) is 11.7 Å². The van der Waals surface area contributed by atoms with E-state index in [1.807, 2.05) is 0 Å². The fourth-order valence-electron chi connectivity index (χ4n) is 1.89. The van der Waals surface area contributed by atoms with Crippen LogP contribution in [-0.4, -0.2) is 45.2 Å². The van der Waals surface area contributed by atoms with E-state index in [1.165, 1.54) is 0 Å². The van der Waals surface area contributed by atoms with E-state index in [1.54, 1.807) is 0 Å². The highest BCUT2D eigenvalue weighted by Gasteiger charge is 2.31. The van der Waals surface area contributed by atoms with Crippen molar-refractivity contribution >= 4 is 0 Å². The molecule has 1 rings (SSSR count). The summed E-state index contributed by atoms with van der Waals surface area (Å²) in [5.41, 5.74) is 5.63. The van der Waals surface area contributed by atoms with Crippen LogP contribution < -0.4 is 5.73 Å². The predicted molar refractivity (Wildman–Crippen MR) is 68.1 cm³/mol. The fourth-order valence-corrected chi connectivity index (χ4v) is 1.89. The quantitative estimate of drug-likeness (QED) is 0.660. The van der Waals surface area contributed by atoms with Gasteiger partial charge in [-0.15, -0.1) is 0 Å². The van der Waals surface area contributed by atoms with Crippen LogP contribution in [0, 0.1) is 5.92 Å². The monoisotopic (exact) mass is 245 g/mol. The van der Waals surface area contributed by atoms with Crippen LogP contribution in [0.1, 0.15) is 33.1 Å². The Labute approximate surface area is 105 Å². The van der Waals surface area contributed by atoms with Gasteiger partial charge in [-0.05, 0) is 12.3 Å². The molecule has 0 aromatic carbocycles. The second-order valence-corrected chi connectivity index (χ2v) is 5.14. The lowest BCUT2D eigenvalue weighted by atomic mass is 9.94. The summed E-state index contributed by atoms with van der Waals surface area (Å²) in [6.45, 7) is 8.60. The van der Waals surface area contributed by atoms with Crippen molar-refractivity contribution in [1.29, 1.82) is 0 Å². The maximum absolute atomic E-state index is 5.90. The third-order valence-corrected chi connectivity index (χ3v) is 3.25. The predicted octanol–water partition coefficient (Wildman–Crippen LogP) is 1.57. The molecule has 1 heterocycles. The van der Waals surface area contributed by atoms with Gasteiger partial charge in [-0.1, -0.05) is 13.8 Å². The van der Waals surface area contributed by atoms with Gasteiger partial charge in [-0.3, -0.25) is 0 Å². The second kappa shape index (κ2) is 8.03. The minimum absolute atomic E-state index is 0.167. The Balaban J connectivity index is 2.07. The molecule has 1 aliphatic heterocycles. The molecule has 0 spiro atoms. The molecule has 17 heavy (non-hydrogen) atoms. The van der Waals surface area contributed by atoms with Crippen LogP contribution >= 0.6 is 0 Å². The van der Waals surface area contributed by atoms with Crippen molar-refractivity contribution in [1.82, 2.24) is 0 Å². The van der Waals surface area contributed by atoms with Crippen LogP contribution in [0.3, 0.4) is 0 Å². The van der Waals surface area contributed by atoms with E-state index in [0.717, 1.165) is 39.1 Å². The molecule has 2 N–H and O–H groups in total. The molecule has 4 nitrogen and oxygen atoms in total. The summed E-state index contributed by atoms with van der Waals surface area (Å²) in [5.74, 6) is 0.696. The Morgan fingerprint density at radius 1 is 1.18 bits per heavy atom. The molecule has 0 unspecified atom stereocenters. The first-order valence-electron chi connectivity index (χ1n) is 6.68. The van der Waals surface area contributed by atoms with Crippen LogP contribution in [-0.2, 0) is 14.2 Å². The molecule has 0 atom stereocenters. The van der Waals surface area contributed by atoms with E-state index < -0.39 is 0 Å². The smallest absolute Gasteiger partial charge is 0.0849 e. The molecular weight excluding hydrogens is 218 g/mol. The third-order valence-electron chi connectivity index (χ3n) is 3.25. The van der Waals surface area contributed by atoms with Crippen LogP contribution in [0.5, 0.6) is 0 Å². The van der Waals surface area contributed by atoms with Gasteiger partial charge in [-0.2, -0.15) is 0 Å². The van der Waals surface area contributed by atoms with Crippen LogP contribution in [0.15, 0.2) is 0 Å². The second-order valence-electron chi connectivity index (χ2n) is 5.14. The van der Waals surface area contributed by atoms with Gasteiger partial charge in [0.05, 0.1) is 18.8 Å². The third kappa shape index (κ3) is 5.82. The molecule has 0 radical (unpaired) electrons. The summed E-state index contributed by atoms with van der Waals surface area (Å²) in [6.07, 6.45) is 2.90. The molecule has 4 heteroatoms. The van der Waals surface area contributed by atoms with Crippen molar-refractivity contribution in [3.8, 4) is 0 Å². The van der Waals surface area contributed by atoms with Crippen molar-refractivity contribution in [2.75, 3.05) is 39.6 Å². The van der Waals surface area contributed by atoms with Crippen LogP contribution in [0.4, 0.5) is 0 Å². The van der Waals surface area contributed by atoms with Gasteiger partial charge in [-0.25, -0.2) is 0 Å². The van der Waals surface area contributed by atoms with Crippen molar-refractivity contribution in [2.45, 2.75) is 38.7 Å². The standard InChI is InChI=1S/C13H27NO3/c1-12(2)3-6-15-9-10-17-13(11-14)4-7-16-8-5-13/h12H,3-11,14H2,1-2H3. The first-order chi connectivity index (χ1) is 8.18. The maximum atomic E-state index is 5.90. The minimum Gasteiger partial charge on any atom is -0.381 e. The molecular formula is C13H27NO3. The summed E-state index contributed by atoms with van der Waals surface area (Å²) < 4.78 is 16.8. The van der Waals surface area contributed by atoms with Gasteiger partial charge in [0.15, 0.2) is 0 Å². The lowest BCUT2D eigenvalue weighted by Gasteiger charge is -2.36. The van der Waals surface area contributed by atoms with Gasteiger partial charge in [0.1, 0.15) is 0 Å². The van der Waals surface area contributed by atoms with Crippen LogP contribution in [0.2, 0.25) is 0 Å². The minimum atomic E-state index is -0.167. The highest BCUT2D eigenvalue weighted by molar-refractivity contribution is 4.84. The maximum Gasteiger partial charge on any atom is 0.0849 e. The summed E-state index contributed by atoms with van der Waals surface area (Å²) in [7, 11) is 0. The van der Waals surface area contributed by atoms with Crippen molar-refractivity contribution < 1.29 is 14.2 Å². The molecule has 0 bridgehead atoms. The number of hydrogen-bond donors (Lipinski definition) is 1. The molecule has 1 saturated heterocycles. The Morgan fingerprint density at radius 3 is 2.47 bits per heavy atom. The normalized spacial score (nSPS) is 19.8. The summed E-state index contributed by atoms with van der Waals surface area (Å²) >= 11 is 0. The SMILES string of the molecule is CC(C)CCOCCOC1(CN)CCOCC1. The lowest BCUT2D eigenvalue weighted by molar-refractivity contribution is -0.116. The largest absolute Gasteiger partial charge is 0.381 e. The van der Waals surface area contributed by atoms with Gasteiger partial charge in [0.2, 0.25) is 0 Å². The Hall–Kier alpha value is -0.160. The molecule has 0 aliphatic carbocycles.